The van der Waals surface area contributed by atoms with Crippen LogP contribution in [0.1, 0.15) is 31.5 Å². The van der Waals surface area contributed by atoms with Crippen molar-refractivity contribution in [1.29, 1.82) is 5.26 Å². The molecule has 210 valence electrons. The number of amides is 3. The Balaban J connectivity index is 1.76. The lowest BCUT2D eigenvalue weighted by atomic mass is 9.96. The maximum absolute atomic E-state index is 13.1. The number of nitro benzene ring substituents is 1. The molecule has 3 rings (SSSR count). The van der Waals surface area contributed by atoms with E-state index in [1.54, 1.807) is 0 Å². The van der Waals surface area contributed by atoms with Gasteiger partial charge in [0.2, 0.25) is 17.4 Å². The van der Waals surface area contributed by atoms with Crippen LogP contribution in [0.2, 0.25) is 0 Å². The summed E-state index contributed by atoms with van der Waals surface area (Å²) < 4.78 is 5.24. The number of nitriles is 1. The van der Waals surface area contributed by atoms with E-state index in [1.165, 1.54) is 43.5 Å². The highest BCUT2D eigenvalue weighted by Crippen LogP contribution is 2.20. The number of carbonyl (C=O) groups is 4. The Morgan fingerprint density at radius 3 is 2.62 bits per heavy atom. The standard InChI is InChI=1S/C23H22ClN7O8S/c1-23(2,21(35)38-10-12-3-5-13(6-4-12)31(36)37)39-30-18(15-11-40-22(27-15)28-16(32)9-24)20(34)29-17-14(7-8-25)26-19(17)33/h3-6,11,14,17H,7,9-10H2,1-2H3,(H,26,33)(H,29,34)(H,27,28,32)/t14-,17+/m0/s1. The summed E-state index contributed by atoms with van der Waals surface area (Å²) in [6, 6.07) is 5.68. The highest BCUT2D eigenvalue weighted by Gasteiger charge is 2.41. The summed E-state index contributed by atoms with van der Waals surface area (Å²) in [7, 11) is 0. The van der Waals surface area contributed by atoms with Crippen LogP contribution in [0.3, 0.4) is 0 Å². The van der Waals surface area contributed by atoms with E-state index >= 15 is 0 Å². The van der Waals surface area contributed by atoms with Gasteiger partial charge in [-0.2, -0.15) is 5.26 Å². The van der Waals surface area contributed by atoms with E-state index in [0.29, 0.717) is 5.56 Å². The number of esters is 1. The van der Waals surface area contributed by atoms with Gasteiger partial charge < -0.3 is 25.5 Å². The number of nitrogens with zero attached hydrogens (tertiary/aromatic N) is 4. The Morgan fingerprint density at radius 1 is 1.32 bits per heavy atom. The molecule has 1 fully saturated rings. The fraction of sp³-hybridized carbons (Fsp3) is 0.348. The molecule has 1 aliphatic heterocycles. The van der Waals surface area contributed by atoms with Crippen molar-refractivity contribution in [3.05, 3.63) is 51.0 Å². The third kappa shape index (κ3) is 7.48. The number of β-lactam (4-membered cyclic amide) rings is 1. The number of hydrogen-bond donors (Lipinski definition) is 3. The first-order chi connectivity index (χ1) is 18.9. The molecule has 2 atom stereocenters. The molecule has 1 aromatic heterocycles. The average molecular weight is 592 g/mol. The zero-order chi connectivity index (χ0) is 29.4. The SMILES string of the molecule is CC(C)(ON=C(C(=O)N[C@H]1C(=O)N[C@H]1CC#N)c1csc(NC(=O)CCl)n1)C(=O)OCc1ccc([N+](=O)[O-])cc1. The highest BCUT2D eigenvalue weighted by molar-refractivity contribution is 7.14. The molecular formula is C23H22ClN7O8S. The van der Waals surface area contributed by atoms with Crippen LogP contribution in [0.4, 0.5) is 10.8 Å². The number of rotatable bonds is 12. The van der Waals surface area contributed by atoms with Crippen molar-refractivity contribution in [2.45, 2.75) is 44.6 Å². The van der Waals surface area contributed by atoms with Gasteiger partial charge in [-0.25, -0.2) is 9.78 Å². The van der Waals surface area contributed by atoms with E-state index in [9.17, 15) is 29.3 Å². The predicted octanol–water partition coefficient (Wildman–Crippen LogP) is 1.37. The molecule has 40 heavy (non-hydrogen) atoms. The van der Waals surface area contributed by atoms with Crippen molar-refractivity contribution in [2.24, 2.45) is 5.16 Å². The normalized spacial score (nSPS) is 16.6. The van der Waals surface area contributed by atoms with E-state index in [0.717, 1.165) is 11.3 Å². The number of nitro groups is 1. The van der Waals surface area contributed by atoms with Crippen LogP contribution < -0.4 is 16.0 Å². The third-order valence-corrected chi connectivity index (χ3v) is 6.31. The summed E-state index contributed by atoms with van der Waals surface area (Å²) in [6.07, 6.45) is -0.0431. The number of ether oxygens (including phenoxy) is 1. The molecule has 3 N–H and O–H groups in total. The summed E-state index contributed by atoms with van der Waals surface area (Å²) in [5, 5.41) is 32.4. The summed E-state index contributed by atoms with van der Waals surface area (Å²) in [4.78, 5) is 69.1. The number of non-ortho nitro benzene ring substituents is 1. The van der Waals surface area contributed by atoms with Gasteiger partial charge in [-0.3, -0.25) is 24.5 Å². The van der Waals surface area contributed by atoms with Crippen molar-refractivity contribution in [3.8, 4) is 6.07 Å². The van der Waals surface area contributed by atoms with E-state index < -0.39 is 52.0 Å². The zero-order valence-electron chi connectivity index (χ0n) is 21.0. The number of benzene rings is 1. The largest absolute Gasteiger partial charge is 0.458 e. The number of nitrogens with one attached hydrogen (secondary N) is 3. The molecule has 0 spiro atoms. The van der Waals surface area contributed by atoms with Crippen molar-refractivity contribution in [2.75, 3.05) is 11.2 Å². The van der Waals surface area contributed by atoms with Crippen LogP contribution >= 0.6 is 22.9 Å². The lowest BCUT2D eigenvalue weighted by Gasteiger charge is -2.35. The summed E-state index contributed by atoms with van der Waals surface area (Å²) in [5.74, 6) is -3.12. The number of anilines is 1. The van der Waals surface area contributed by atoms with Gasteiger partial charge in [0.05, 0.1) is 23.5 Å². The fourth-order valence-electron chi connectivity index (χ4n) is 3.12. The molecule has 0 radical (unpaired) electrons. The van der Waals surface area contributed by atoms with Gasteiger partial charge in [-0.1, -0.05) is 5.16 Å². The minimum atomic E-state index is -1.71. The topological polar surface area (TPSA) is 215 Å². The van der Waals surface area contributed by atoms with Crippen LogP contribution in [0, 0.1) is 21.4 Å². The second-order valence-corrected chi connectivity index (χ2v) is 9.81. The quantitative estimate of drug-likeness (QED) is 0.0804. The molecule has 3 amide bonds. The van der Waals surface area contributed by atoms with E-state index in [4.69, 9.17) is 26.4 Å². The van der Waals surface area contributed by atoms with E-state index in [-0.39, 0.29) is 35.4 Å². The number of hydrogen-bond acceptors (Lipinski definition) is 12. The van der Waals surface area contributed by atoms with Crippen LogP contribution in [0.25, 0.3) is 0 Å². The highest BCUT2D eigenvalue weighted by atomic mass is 35.5. The first kappa shape index (κ1) is 29.9. The molecule has 2 heterocycles. The number of alkyl halides is 1. The molecule has 0 aliphatic carbocycles. The molecule has 0 unspecified atom stereocenters. The maximum Gasteiger partial charge on any atom is 0.353 e. The molecular weight excluding hydrogens is 570 g/mol. The molecule has 2 aromatic rings. The van der Waals surface area contributed by atoms with Crippen LogP contribution in [-0.2, 0) is 35.4 Å². The van der Waals surface area contributed by atoms with Gasteiger partial charge in [-0.05, 0) is 31.5 Å². The average Bonchev–Trinajstić information content (AvgIpc) is 3.38. The minimum Gasteiger partial charge on any atom is -0.458 e. The molecule has 1 saturated heterocycles. The Bertz CT molecular complexity index is 1390. The van der Waals surface area contributed by atoms with Gasteiger partial charge in [0.1, 0.15) is 24.2 Å². The van der Waals surface area contributed by atoms with Crippen LogP contribution in [0.5, 0.6) is 0 Å². The Morgan fingerprint density at radius 2 is 2.02 bits per heavy atom. The second-order valence-electron chi connectivity index (χ2n) is 8.69. The molecule has 0 saturated carbocycles. The fourth-order valence-corrected chi connectivity index (χ4v) is 3.89. The molecule has 15 nitrogen and oxygen atoms in total. The first-order valence-corrected chi connectivity index (χ1v) is 12.8. The minimum absolute atomic E-state index is 0.0426. The number of oxime groups is 1. The zero-order valence-corrected chi connectivity index (χ0v) is 22.6. The lowest BCUT2D eigenvalue weighted by Crippen LogP contribution is -2.69. The molecule has 1 aromatic carbocycles. The van der Waals surface area contributed by atoms with Crippen LogP contribution in [-0.4, -0.2) is 62.9 Å². The van der Waals surface area contributed by atoms with E-state index in [2.05, 4.69) is 26.1 Å². The monoisotopic (exact) mass is 591 g/mol. The van der Waals surface area contributed by atoms with Crippen LogP contribution in [0.15, 0.2) is 34.8 Å². The molecule has 0 bridgehead atoms. The van der Waals surface area contributed by atoms with Crippen molar-refractivity contribution >= 4 is 63.2 Å². The summed E-state index contributed by atoms with van der Waals surface area (Å²) >= 11 is 6.45. The Kier molecular flexibility index (Phi) is 9.69. The van der Waals surface area contributed by atoms with Gasteiger partial charge >= 0.3 is 5.97 Å². The number of aromatic nitrogens is 1. The van der Waals surface area contributed by atoms with Gasteiger partial charge in [0, 0.05) is 17.5 Å². The van der Waals surface area contributed by atoms with Gasteiger partial charge in [0.15, 0.2) is 10.8 Å². The van der Waals surface area contributed by atoms with Gasteiger partial charge in [0.25, 0.3) is 11.6 Å². The summed E-state index contributed by atoms with van der Waals surface area (Å²) in [6.45, 7) is 2.45. The van der Waals surface area contributed by atoms with Gasteiger partial charge in [-0.15, -0.1) is 22.9 Å². The molecule has 17 heteroatoms. The molecule has 1 aliphatic rings. The third-order valence-electron chi connectivity index (χ3n) is 5.31. The lowest BCUT2D eigenvalue weighted by molar-refractivity contribution is -0.384. The number of thiazole rings is 1. The smallest absolute Gasteiger partial charge is 0.353 e. The first-order valence-electron chi connectivity index (χ1n) is 11.4. The van der Waals surface area contributed by atoms with Crippen molar-refractivity contribution in [1.82, 2.24) is 15.6 Å². The summed E-state index contributed by atoms with van der Waals surface area (Å²) in [5.41, 5.74) is -1.81. The van der Waals surface area contributed by atoms with Crippen molar-refractivity contribution < 1.29 is 33.7 Å². The Labute approximate surface area is 235 Å². The predicted molar refractivity (Wildman–Crippen MR) is 140 cm³/mol. The number of carbonyl (C=O) groups excluding carboxylic acids is 4. The Hall–Kier alpha value is -4.62. The maximum atomic E-state index is 13.1. The van der Waals surface area contributed by atoms with Crippen molar-refractivity contribution in [3.63, 3.8) is 0 Å². The van der Waals surface area contributed by atoms with E-state index in [1.807, 2.05) is 6.07 Å². The second kappa shape index (κ2) is 13.0. The number of halogens is 1.